The fraction of sp³-hybridized carbons (Fsp3) is 0.448. The Morgan fingerprint density at radius 3 is 2.67 bits per heavy atom. The zero-order valence-corrected chi connectivity index (χ0v) is 18.8. The molecule has 0 saturated carbocycles. The van der Waals surface area contributed by atoms with E-state index in [-0.39, 0.29) is 0 Å². The van der Waals surface area contributed by atoms with Crippen molar-refractivity contribution < 1.29 is 0 Å². The highest BCUT2D eigenvalue weighted by Gasteiger charge is 2.02. The van der Waals surface area contributed by atoms with E-state index in [4.69, 9.17) is 0 Å². The molecule has 0 fully saturated rings. The molecular weight excluding hydrogens is 359 g/mol. The van der Waals surface area contributed by atoms with Crippen LogP contribution in [0.2, 0.25) is 6.32 Å². The second-order valence-electron chi connectivity index (χ2n) is 8.70. The first-order valence-corrected chi connectivity index (χ1v) is 12.1. The molecule has 0 amide bonds. The van der Waals surface area contributed by atoms with E-state index in [0.717, 1.165) is 25.7 Å². The fourth-order valence-corrected chi connectivity index (χ4v) is 4.34. The van der Waals surface area contributed by atoms with Gasteiger partial charge in [-0.05, 0) is 68.2 Å². The number of hydrogen-bond acceptors (Lipinski definition) is 0. The van der Waals surface area contributed by atoms with Crippen molar-refractivity contribution in [1.29, 1.82) is 0 Å². The average molecular weight is 397 g/mol. The number of fused-ring (bicyclic) bond motifs is 1. The fourth-order valence-electron chi connectivity index (χ4n) is 4.34. The van der Waals surface area contributed by atoms with Crippen LogP contribution in [-0.2, 0) is 0 Å². The van der Waals surface area contributed by atoms with E-state index in [0.29, 0.717) is 0 Å². The molecular formula is C29H38B. The van der Waals surface area contributed by atoms with Gasteiger partial charge in [-0.1, -0.05) is 103 Å². The zero-order valence-electron chi connectivity index (χ0n) is 18.8. The smallest absolute Gasteiger partial charge is 0.103 e. The monoisotopic (exact) mass is 397 g/mol. The summed E-state index contributed by atoms with van der Waals surface area (Å²) in [6.07, 6.45) is 32.3. The molecule has 2 aliphatic carbocycles. The molecule has 1 radical (unpaired) electrons. The summed E-state index contributed by atoms with van der Waals surface area (Å²) >= 11 is 0. The van der Waals surface area contributed by atoms with E-state index < -0.39 is 0 Å². The zero-order chi connectivity index (χ0) is 20.9. The molecule has 2 aliphatic rings. The Morgan fingerprint density at radius 1 is 0.900 bits per heavy atom. The Labute approximate surface area is 185 Å². The first kappa shape index (κ1) is 22.7. The lowest BCUT2D eigenvalue weighted by atomic mass is 9.66. The lowest BCUT2D eigenvalue weighted by Crippen LogP contribution is -2.30. The molecule has 0 heterocycles. The Bertz CT molecular complexity index is 881. The molecule has 0 aromatic heterocycles. The molecule has 0 saturated heterocycles. The number of allylic oxidation sites excluding steroid dienone is 7. The molecule has 1 aromatic rings. The first-order chi connectivity index (χ1) is 14.8. The van der Waals surface area contributed by atoms with E-state index in [1.807, 2.05) is 6.08 Å². The number of unbranched alkanes of at least 4 members (excludes halogenated alkanes) is 4. The quantitative estimate of drug-likeness (QED) is 0.234. The lowest BCUT2D eigenvalue weighted by Gasteiger charge is -2.04. The molecule has 0 nitrogen and oxygen atoms in total. The third-order valence-corrected chi connectivity index (χ3v) is 6.19. The van der Waals surface area contributed by atoms with Gasteiger partial charge >= 0.3 is 0 Å². The summed E-state index contributed by atoms with van der Waals surface area (Å²) in [5.74, 6) is 0. The van der Waals surface area contributed by atoms with E-state index in [2.05, 4.69) is 68.5 Å². The van der Waals surface area contributed by atoms with Crippen molar-refractivity contribution in [2.75, 3.05) is 0 Å². The van der Waals surface area contributed by atoms with Gasteiger partial charge in [-0.2, -0.15) is 0 Å². The maximum Gasteiger partial charge on any atom is 0.151 e. The van der Waals surface area contributed by atoms with Crippen molar-refractivity contribution in [1.82, 2.24) is 0 Å². The van der Waals surface area contributed by atoms with Crippen LogP contribution >= 0.6 is 0 Å². The van der Waals surface area contributed by atoms with Crippen molar-refractivity contribution in [2.24, 2.45) is 0 Å². The largest absolute Gasteiger partial charge is 0.151 e. The van der Waals surface area contributed by atoms with Crippen LogP contribution in [0.1, 0.15) is 77.0 Å². The molecule has 0 aliphatic heterocycles. The van der Waals surface area contributed by atoms with Crippen molar-refractivity contribution in [3.05, 3.63) is 76.7 Å². The highest BCUT2D eigenvalue weighted by molar-refractivity contribution is 6.53. The van der Waals surface area contributed by atoms with Gasteiger partial charge in [0.2, 0.25) is 0 Å². The molecule has 1 aromatic carbocycles. The minimum atomic E-state index is 1.09. The summed E-state index contributed by atoms with van der Waals surface area (Å²) in [4.78, 5) is 0. The third kappa shape index (κ3) is 8.02. The Morgan fingerprint density at radius 2 is 1.77 bits per heavy atom. The normalized spacial score (nSPS) is 17.2. The highest BCUT2D eigenvalue weighted by Crippen LogP contribution is 2.21. The van der Waals surface area contributed by atoms with Gasteiger partial charge in [0.25, 0.3) is 0 Å². The van der Waals surface area contributed by atoms with Crippen LogP contribution in [0.25, 0.3) is 12.2 Å². The Kier molecular flexibility index (Phi) is 10.1. The molecule has 30 heavy (non-hydrogen) atoms. The predicted molar refractivity (Wildman–Crippen MR) is 136 cm³/mol. The van der Waals surface area contributed by atoms with Crippen LogP contribution in [0.15, 0.2) is 66.3 Å². The maximum atomic E-state index is 3.81. The van der Waals surface area contributed by atoms with Crippen LogP contribution in [0.4, 0.5) is 0 Å². The van der Waals surface area contributed by atoms with E-state index in [1.54, 1.807) is 5.57 Å². The van der Waals surface area contributed by atoms with Crippen molar-refractivity contribution in [3.63, 3.8) is 0 Å². The highest BCUT2D eigenvalue weighted by atomic mass is 14.1. The van der Waals surface area contributed by atoms with Crippen molar-refractivity contribution >= 4 is 24.9 Å². The Hall–Kier alpha value is -2.02. The summed E-state index contributed by atoms with van der Waals surface area (Å²) in [5, 5.41) is 2.86. The molecule has 0 unspecified atom stereocenters. The molecule has 0 N–H and O–H groups in total. The topological polar surface area (TPSA) is 0 Å². The number of rotatable bonds is 11. The van der Waals surface area contributed by atoms with Crippen LogP contribution in [0, 0.1) is 0 Å². The molecule has 1 heteroatoms. The van der Waals surface area contributed by atoms with Gasteiger partial charge in [0.05, 0.1) is 0 Å². The Balaban J connectivity index is 1.31. The van der Waals surface area contributed by atoms with Crippen LogP contribution in [-0.4, -0.2) is 7.28 Å². The summed E-state index contributed by atoms with van der Waals surface area (Å²) in [5.41, 5.74) is 4.49. The second kappa shape index (κ2) is 13.3. The summed E-state index contributed by atoms with van der Waals surface area (Å²) in [7, 11) is 2.43. The van der Waals surface area contributed by atoms with Crippen LogP contribution in [0.5, 0.6) is 0 Å². The average Bonchev–Trinajstić information content (AvgIpc) is 3.13. The molecule has 0 atom stereocenters. The SMILES string of the molecule is C=CCC/C=C1\CC=CC(CCCCCC[B]c2ccc3c(c2)=CCCCC=3)=CC1. The molecule has 3 rings (SSSR count). The van der Waals surface area contributed by atoms with Crippen LogP contribution < -0.4 is 15.9 Å². The molecule has 0 spiro atoms. The molecule has 157 valence electrons. The van der Waals surface area contributed by atoms with Gasteiger partial charge in [-0.3, -0.25) is 0 Å². The second-order valence-corrected chi connectivity index (χ2v) is 8.70. The third-order valence-electron chi connectivity index (χ3n) is 6.19. The van der Waals surface area contributed by atoms with Crippen molar-refractivity contribution in [2.45, 2.75) is 83.4 Å². The minimum absolute atomic E-state index is 1.09. The molecule has 0 bridgehead atoms. The van der Waals surface area contributed by atoms with Gasteiger partial charge in [-0.25, -0.2) is 0 Å². The van der Waals surface area contributed by atoms with Gasteiger partial charge in [0.15, 0.2) is 7.28 Å². The van der Waals surface area contributed by atoms with E-state index in [1.165, 1.54) is 79.2 Å². The summed E-state index contributed by atoms with van der Waals surface area (Å²) in [6.45, 7) is 3.81. The van der Waals surface area contributed by atoms with Gasteiger partial charge in [0.1, 0.15) is 0 Å². The maximum absolute atomic E-state index is 3.81. The number of benzene rings is 1. The summed E-state index contributed by atoms with van der Waals surface area (Å²) in [6, 6.07) is 6.97. The van der Waals surface area contributed by atoms with Crippen LogP contribution in [0.3, 0.4) is 0 Å². The van der Waals surface area contributed by atoms with Crippen molar-refractivity contribution in [3.8, 4) is 0 Å². The van der Waals surface area contributed by atoms with Gasteiger partial charge < -0.3 is 0 Å². The number of hydrogen-bond donors (Lipinski definition) is 0. The first-order valence-electron chi connectivity index (χ1n) is 12.1. The summed E-state index contributed by atoms with van der Waals surface area (Å²) < 4.78 is 0. The van der Waals surface area contributed by atoms with Gasteiger partial charge in [0, 0.05) is 0 Å². The standard InChI is InChI=1S/C29H38B/c1-2-3-7-13-25-15-12-16-26(20-19-25)14-8-4-5-11-23-30-29-22-21-27-17-9-6-10-18-28(27)24-29/h2,12-13,16-18,20-22,24H,1,3-11,14-15,19,23H2/b25-13+. The van der Waals surface area contributed by atoms with Gasteiger partial charge in [-0.15, -0.1) is 6.58 Å². The predicted octanol–water partition coefficient (Wildman–Crippen LogP) is 6.30. The van der Waals surface area contributed by atoms with E-state index in [9.17, 15) is 0 Å². The minimum Gasteiger partial charge on any atom is -0.103 e. The lowest BCUT2D eigenvalue weighted by molar-refractivity contribution is 0.667. The van der Waals surface area contributed by atoms with E-state index >= 15 is 0 Å².